The Kier molecular flexibility index (Phi) is 7.48. The van der Waals surface area contributed by atoms with Crippen LogP contribution < -0.4 is 10.2 Å². The summed E-state index contributed by atoms with van der Waals surface area (Å²) >= 11 is 8.61. The van der Waals surface area contributed by atoms with Gasteiger partial charge in [0.1, 0.15) is 0 Å². The second-order valence-electron chi connectivity index (χ2n) is 7.17. The van der Waals surface area contributed by atoms with E-state index in [-0.39, 0.29) is 11.7 Å². The lowest BCUT2D eigenvalue weighted by molar-refractivity contribution is -0.137. The van der Waals surface area contributed by atoms with Gasteiger partial charge >= 0.3 is 6.18 Å². The van der Waals surface area contributed by atoms with Crippen LogP contribution in [-0.2, 0) is 15.7 Å². The van der Waals surface area contributed by atoms with E-state index in [0.29, 0.717) is 42.7 Å². The lowest BCUT2D eigenvalue weighted by Crippen LogP contribution is -2.37. The smallest absolute Gasteiger partial charge is 0.378 e. The van der Waals surface area contributed by atoms with Crippen LogP contribution in [-0.4, -0.2) is 42.9 Å². The van der Waals surface area contributed by atoms with Crippen molar-refractivity contribution in [1.29, 1.82) is 0 Å². The van der Waals surface area contributed by atoms with E-state index in [1.807, 2.05) is 17.5 Å². The lowest BCUT2D eigenvalue weighted by atomic mass is 10.1. The average Bonchev–Trinajstić information content (AvgIpc) is 3.27. The van der Waals surface area contributed by atoms with Crippen LogP contribution in [0.2, 0.25) is 5.02 Å². The van der Waals surface area contributed by atoms with Crippen LogP contribution in [0.4, 0.5) is 24.5 Å². The normalized spacial score (nSPS) is 14.4. The fraction of sp³-hybridized carbons (Fsp3) is 0.273. The van der Waals surface area contributed by atoms with Gasteiger partial charge in [-0.3, -0.25) is 4.79 Å². The van der Waals surface area contributed by atoms with Gasteiger partial charge in [-0.05, 0) is 30.3 Å². The summed E-state index contributed by atoms with van der Waals surface area (Å²) in [6.45, 7) is 1.73. The molecule has 174 valence electrons. The molecular formula is C22H19ClF3N3O2S2. The van der Waals surface area contributed by atoms with Crippen molar-refractivity contribution in [2.24, 2.45) is 0 Å². The first-order valence-electron chi connectivity index (χ1n) is 9.97. The molecule has 0 bridgehead atoms. The van der Waals surface area contributed by atoms with Crippen molar-refractivity contribution in [3.8, 4) is 11.3 Å². The van der Waals surface area contributed by atoms with Crippen LogP contribution in [0.1, 0.15) is 5.56 Å². The van der Waals surface area contributed by atoms with Crippen molar-refractivity contribution in [3.63, 3.8) is 0 Å². The number of aromatic nitrogens is 1. The number of morpholine rings is 1. The van der Waals surface area contributed by atoms with Gasteiger partial charge < -0.3 is 15.0 Å². The van der Waals surface area contributed by atoms with Gasteiger partial charge in [0.15, 0.2) is 4.34 Å². The number of halogens is 4. The Morgan fingerprint density at radius 1 is 1.18 bits per heavy atom. The Labute approximate surface area is 201 Å². The molecule has 2 aromatic carbocycles. The van der Waals surface area contributed by atoms with Gasteiger partial charge in [-0.15, -0.1) is 11.3 Å². The molecule has 1 amide bonds. The number of amides is 1. The van der Waals surface area contributed by atoms with Crippen LogP contribution >= 0.6 is 34.7 Å². The van der Waals surface area contributed by atoms with Crippen molar-refractivity contribution in [2.45, 2.75) is 10.5 Å². The maximum atomic E-state index is 13.2. The zero-order valence-corrected chi connectivity index (χ0v) is 19.6. The van der Waals surface area contributed by atoms with Gasteiger partial charge in [-0.25, -0.2) is 4.98 Å². The Morgan fingerprint density at radius 2 is 1.91 bits per heavy atom. The van der Waals surface area contributed by atoms with Gasteiger partial charge in [0.05, 0.1) is 41.6 Å². The highest BCUT2D eigenvalue weighted by molar-refractivity contribution is 8.01. The van der Waals surface area contributed by atoms with Crippen molar-refractivity contribution < 1.29 is 22.7 Å². The zero-order chi connectivity index (χ0) is 23.4. The fourth-order valence-corrected chi connectivity index (χ4v) is 5.03. The van der Waals surface area contributed by atoms with Crippen molar-refractivity contribution in [1.82, 2.24) is 4.98 Å². The Bertz CT molecular complexity index is 1120. The topological polar surface area (TPSA) is 54.5 Å². The number of anilines is 2. The molecule has 3 aromatic rings. The van der Waals surface area contributed by atoms with E-state index < -0.39 is 11.7 Å². The first kappa shape index (κ1) is 23.9. The number of carbonyl (C=O) groups excluding carboxylic acids is 1. The zero-order valence-electron chi connectivity index (χ0n) is 17.2. The van der Waals surface area contributed by atoms with E-state index >= 15 is 0 Å². The summed E-state index contributed by atoms with van der Waals surface area (Å²) in [4.78, 5) is 18.9. The summed E-state index contributed by atoms with van der Waals surface area (Å²) in [6, 6.07) is 10.7. The maximum absolute atomic E-state index is 13.2. The van der Waals surface area contributed by atoms with Crippen molar-refractivity contribution >= 4 is 52.0 Å². The van der Waals surface area contributed by atoms with E-state index in [1.54, 1.807) is 17.0 Å². The standard InChI is InChI=1S/C22H19ClF3N3O2S2/c23-16-4-1-14(2-5-16)18-12-32-21(28-18)33-13-20(30)27-17-6-3-15(22(24,25)26)11-19(17)29-7-9-31-10-8-29/h1-6,11-12H,7-10,13H2,(H,27,30). The highest BCUT2D eigenvalue weighted by Gasteiger charge is 2.32. The number of hydrogen-bond acceptors (Lipinski definition) is 6. The van der Waals surface area contributed by atoms with Crippen LogP contribution in [0.5, 0.6) is 0 Å². The van der Waals surface area contributed by atoms with Gasteiger partial charge in [0.25, 0.3) is 0 Å². The average molecular weight is 514 g/mol. The lowest BCUT2D eigenvalue weighted by Gasteiger charge is -2.31. The number of nitrogens with one attached hydrogen (secondary N) is 1. The van der Waals surface area contributed by atoms with E-state index in [9.17, 15) is 18.0 Å². The molecule has 0 radical (unpaired) electrons. The summed E-state index contributed by atoms with van der Waals surface area (Å²) in [5, 5.41) is 5.29. The van der Waals surface area contributed by atoms with Gasteiger partial charge in [-0.2, -0.15) is 13.2 Å². The van der Waals surface area contributed by atoms with E-state index in [0.717, 1.165) is 27.7 Å². The Morgan fingerprint density at radius 3 is 2.61 bits per heavy atom. The molecular weight excluding hydrogens is 495 g/mol. The number of rotatable bonds is 6. The minimum absolute atomic E-state index is 0.0805. The monoisotopic (exact) mass is 513 g/mol. The van der Waals surface area contributed by atoms with Crippen LogP contribution in [0.25, 0.3) is 11.3 Å². The van der Waals surface area contributed by atoms with Crippen molar-refractivity contribution in [2.75, 3.05) is 42.3 Å². The molecule has 1 aromatic heterocycles. The maximum Gasteiger partial charge on any atom is 0.416 e. The van der Waals surface area contributed by atoms with Crippen molar-refractivity contribution in [3.05, 3.63) is 58.4 Å². The highest BCUT2D eigenvalue weighted by Crippen LogP contribution is 2.36. The molecule has 11 heteroatoms. The number of nitrogens with zero attached hydrogens (tertiary/aromatic N) is 2. The molecule has 33 heavy (non-hydrogen) atoms. The second-order valence-corrected chi connectivity index (χ2v) is 9.69. The number of ether oxygens (including phenoxy) is 1. The summed E-state index contributed by atoms with van der Waals surface area (Å²) in [7, 11) is 0. The minimum atomic E-state index is -4.47. The second kappa shape index (κ2) is 10.3. The molecule has 5 nitrogen and oxygen atoms in total. The largest absolute Gasteiger partial charge is 0.416 e. The number of benzene rings is 2. The van der Waals surface area contributed by atoms with Gasteiger partial charge in [0, 0.05) is 29.1 Å². The molecule has 2 heterocycles. The third-order valence-corrected chi connectivity index (χ3v) is 7.17. The van der Waals surface area contributed by atoms with E-state index in [2.05, 4.69) is 10.3 Å². The van der Waals surface area contributed by atoms with Crippen LogP contribution in [0.15, 0.2) is 52.2 Å². The number of thiazole rings is 1. The molecule has 0 unspecified atom stereocenters. The minimum Gasteiger partial charge on any atom is -0.378 e. The number of thioether (sulfide) groups is 1. The highest BCUT2D eigenvalue weighted by atomic mass is 35.5. The molecule has 0 spiro atoms. The molecule has 0 saturated carbocycles. The van der Waals surface area contributed by atoms with Crippen LogP contribution in [0, 0.1) is 0 Å². The Hall–Kier alpha value is -2.27. The van der Waals surface area contributed by atoms with E-state index in [1.165, 1.54) is 29.2 Å². The number of carbonyl (C=O) groups is 1. The summed E-state index contributed by atoms with van der Waals surface area (Å²) in [5.41, 5.74) is 1.64. The SMILES string of the molecule is O=C(CSc1nc(-c2ccc(Cl)cc2)cs1)Nc1ccc(C(F)(F)F)cc1N1CCOCC1. The molecule has 1 aliphatic heterocycles. The molecule has 1 aliphatic rings. The fourth-order valence-electron chi connectivity index (χ4n) is 3.27. The molecule has 4 rings (SSSR count). The molecule has 1 saturated heterocycles. The van der Waals surface area contributed by atoms with Gasteiger partial charge in [0.2, 0.25) is 5.91 Å². The first-order chi connectivity index (χ1) is 15.8. The van der Waals surface area contributed by atoms with Gasteiger partial charge in [-0.1, -0.05) is 35.5 Å². The summed E-state index contributed by atoms with van der Waals surface area (Å²) < 4.78 is 45.7. The first-order valence-corrected chi connectivity index (χ1v) is 12.2. The molecule has 0 atom stereocenters. The molecule has 0 aliphatic carbocycles. The molecule has 1 N–H and O–H groups in total. The number of alkyl halides is 3. The Balaban J connectivity index is 1.43. The molecule has 1 fully saturated rings. The predicted octanol–water partition coefficient (Wildman–Crippen LogP) is 6.05. The summed E-state index contributed by atoms with van der Waals surface area (Å²) in [5.74, 6) is -0.241. The summed E-state index contributed by atoms with van der Waals surface area (Å²) in [6.07, 6.45) is -4.47. The third-order valence-electron chi connectivity index (χ3n) is 4.90. The third kappa shape index (κ3) is 6.20. The quantitative estimate of drug-likeness (QED) is 0.407. The van der Waals surface area contributed by atoms with Crippen LogP contribution in [0.3, 0.4) is 0 Å². The number of hydrogen-bond donors (Lipinski definition) is 1. The predicted molar refractivity (Wildman–Crippen MR) is 126 cm³/mol. The van der Waals surface area contributed by atoms with E-state index in [4.69, 9.17) is 16.3 Å².